The minimum Gasteiger partial charge on any atom is -0.324 e. The van der Waals surface area contributed by atoms with Gasteiger partial charge in [0.1, 0.15) is 17.3 Å². The zero-order valence-corrected chi connectivity index (χ0v) is 8.06. The summed E-state index contributed by atoms with van der Waals surface area (Å²) in [6.07, 6.45) is 4.55. The first-order chi connectivity index (χ1) is 7.25. The number of rotatable bonds is 3. The molecule has 6 nitrogen and oxygen atoms in total. The maximum atomic E-state index is 10.9. The molecular formula is C9H9N5O. The highest BCUT2D eigenvalue weighted by atomic mass is 16.1. The van der Waals surface area contributed by atoms with Gasteiger partial charge in [-0.25, -0.2) is 9.97 Å². The summed E-state index contributed by atoms with van der Waals surface area (Å²) in [6, 6.07) is 1.76. The van der Waals surface area contributed by atoms with E-state index in [0.29, 0.717) is 11.5 Å². The lowest BCUT2D eigenvalue weighted by atomic mass is 10.3. The fourth-order valence-electron chi connectivity index (χ4n) is 1.04. The third kappa shape index (κ3) is 2.16. The molecule has 0 saturated heterocycles. The Morgan fingerprint density at radius 3 is 2.80 bits per heavy atom. The monoisotopic (exact) mass is 203 g/mol. The van der Waals surface area contributed by atoms with Crippen LogP contribution in [0.3, 0.4) is 0 Å². The second-order valence-electron chi connectivity index (χ2n) is 2.94. The minimum absolute atomic E-state index is 0.101. The van der Waals surface area contributed by atoms with Gasteiger partial charge in [-0.05, 0) is 0 Å². The van der Waals surface area contributed by atoms with Gasteiger partial charge in [0.05, 0.1) is 18.6 Å². The van der Waals surface area contributed by atoms with Gasteiger partial charge in [-0.15, -0.1) is 0 Å². The standard InChI is InChI=1S/C9H9N5O/c1-6(15)7-4-11-9(5-10-7)13-8-2-3-12-14-8/h2-5H,1H3,(H2,11,12,13,14). The molecule has 2 aromatic heterocycles. The highest BCUT2D eigenvalue weighted by Gasteiger charge is 2.02. The van der Waals surface area contributed by atoms with E-state index in [4.69, 9.17) is 0 Å². The fraction of sp³-hybridized carbons (Fsp3) is 0.111. The third-order valence-corrected chi connectivity index (χ3v) is 1.78. The molecule has 0 amide bonds. The molecule has 2 N–H and O–H groups in total. The van der Waals surface area contributed by atoms with Gasteiger partial charge in [-0.1, -0.05) is 0 Å². The summed E-state index contributed by atoms with van der Waals surface area (Å²) in [5.74, 6) is 1.18. The number of anilines is 2. The van der Waals surface area contributed by atoms with Gasteiger partial charge in [0.25, 0.3) is 0 Å². The normalized spacial score (nSPS) is 9.93. The lowest BCUT2D eigenvalue weighted by molar-refractivity contribution is 0.101. The van der Waals surface area contributed by atoms with E-state index < -0.39 is 0 Å². The van der Waals surface area contributed by atoms with E-state index in [1.807, 2.05) is 0 Å². The Kier molecular flexibility index (Phi) is 2.40. The van der Waals surface area contributed by atoms with E-state index in [9.17, 15) is 4.79 Å². The second kappa shape index (κ2) is 3.87. The van der Waals surface area contributed by atoms with Gasteiger partial charge in [-0.2, -0.15) is 5.10 Å². The number of hydrogen-bond donors (Lipinski definition) is 2. The molecule has 0 unspecified atom stereocenters. The van der Waals surface area contributed by atoms with E-state index in [2.05, 4.69) is 25.5 Å². The molecule has 0 aliphatic rings. The van der Waals surface area contributed by atoms with Crippen molar-refractivity contribution < 1.29 is 4.79 Å². The van der Waals surface area contributed by atoms with E-state index in [0.717, 1.165) is 5.82 Å². The number of nitrogens with zero attached hydrogens (tertiary/aromatic N) is 3. The van der Waals surface area contributed by atoms with Crippen molar-refractivity contribution in [2.24, 2.45) is 0 Å². The Morgan fingerprint density at radius 1 is 1.40 bits per heavy atom. The average molecular weight is 203 g/mol. The van der Waals surface area contributed by atoms with Crippen molar-refractivity contribution >= 4 is 17.4 Å². The molecule has 0 aliphatic heterocycles. The van der Waals surface area contributed by atoms with E-state index in [1.54, 1.807) is 12.3 Å². The Bertz CT molecular complexity index is 448. The zero-order valence-electron chi connectivity index (χ0n) is 8.06. The predicted octanol–water partition coefficient (Wildman–Crippen LogP) is 1.15. The van der Waals surface area contributed by atoms with Gasteiger partial charge >= 0.3 is 0 Å². The number of carbonyl (C=O) groups excluding carboxylic acids is 1. The van der Waals surface area contributed by atoms with Crippen LogP contribution in [0.1, 0.15) is 17.4 Å². The fourth-order valence-corrected chi connectivity index (χ4v) is 1.04. The largest absolute Gasteiger partial charge is 0.324 e. The van der Waals surface area contributed by atoms with Crippen LogP contribution in [0.15, 0.2) is 24.7 Å². The van der Waals surface area contributed by atoms with E-state index in [1.165, 1.54) is 19.3 Å². The van der Waals surface area contributed by atoms with Gasteiger partial charge in [0.2, 0.25) is 0 Å². The molecule has 0 aliphatic carbocycles. The Balaban J connectivity index is 2.14. The molecule has 0 fully saturated rings. The van der Waals surface area contributed by atoms with Crippen LogP contribution in [0.5, 0.6) is 0 Å². The summed E-state index contributed by atoms with van der Waals surface area (Å²) in [7, 11) is 0. The van der Waals surface area contributed by atoms with Crippen molar-refractivity contribution in [3.8, 4) is 0 Å². The molecule has 0 atom stereocenters. The van der Waals surface area contributed by atoms with Crippen molar-refractivity contribution in [1.82, 2.24) is 20.2 Å². The van der Waals surface area contributed by atoms with Crippen molar-refractivity contribution in [3.63, 3.8) is 0 Å². The molecule has 76 valence electrons. The highest BCUT2D eigenvalue weighted by molar-refractivity contribution is 5.91. The number of aromatic amines is 1. The lowest BCUT2D eigenvalue weighted by Gasteiger charge is -2.01. The molecule has 0 aromatic carbocycles. The molecule has 15 heavy (non-hydrogen) atoms. The van der Waals surface area contributed by atoms with Gasteiger partial charge in [0.15, 0.2) is 5.78 Å². The summed E-state index contributed by atoms with van der Waals surface area (Å²) in [4.78, 5) is 18.9. The van der Waals surface area contributed by atoms with Gasteiger partial charge in [-0.3, -0.25) is 9.89 Å². The van der Waals surface area contributed by atoms with Crippen LogP contribution in [0.2, 0.25) is 0 Å². The van der Waals surface area contributed by atoms with E-state index >= 15 is 0 Å². The first kappa shape index (κ1) is 9.32. The Morgan fingerprint density at radius 2 is 2.27 bits per heavy atom. The molecule has 6 heteroatoms. The average Bonchev–Trinajstić information content (AvgIpc) is 2.71. The number of Topliss-reactive ketones (excluding diaryl/α,β-unsaturated/α-hetero) is 1. The lowest BCUT2D eigenvalue weighted by Crippen LogP contribution is -2.00. The quantitative estimate of drug-likeness (QED) is 0.731. The number of H-pyrrole nitrogens is 1. The molecule has 2 rings (SSSR count). The number of carbonyl (C=O) groups is 1. The summed E-state index contributed by atoms with van der Waals surface area (Å²) in [5.41, 5.74) is 0.352. The number of aromatic nitrogens is 4. The number of hydrogen-bond acceptors (Lipinski definition) is 5. The van der Waals surface area contributed by atoms with Crippen LogP contribution in [0.4, 0.5) is 11.6 Å². The first-order valence-electron chi connectivity index (χ1n) is 4.35. The maximum Gasteiger partial charge on any atom is 0.179 e. The Labute approximate surface area is 85.8 Å². The van der Waals surface area contributed by atoms with Crippen LogP contribution in [0, 0.1) is 0 Å². The van der Waals surface area contributed by atoms with Crippen molar-refractivity contribution in [2.75, 3.05) is 5.32 Å². The maximum absolute atomic E-state index is 10.9. The third-order valence-electron chi connectivity index (χ3n) is 1.78. The SMILES string of the molecule is CC(=O)c1cnc(Nc2ccn[nH]2)cn1. The molecule has 0 saturated carbocycles. The molecule has 2 heterocycles. The molecule has 2 aromatic rings. The van der Waals surface area contributed by atoms with Crippen LogP contribution >= 0.6 is 0 Å². The minimum atomic E-state index is -0.101. The summed E-state index contributed by atoms with van der Waals surface area (Å²) < 4.78 is 0. The molecule has 0 radical (unpaired) electrons. The van der Waals surface area contributed by atoms with E-state index in [-0.39, 0.29) is 5.78 Å². The smallest absolute Gasteiger partial charge is 0.179 e. The van der Waals surface area contributed by atoms with Gasteiger partial charge in [0, 0.05) is 13.0 Å². The van der Waals surface area contributed by atoms with Crippen molar-refractivity contribution in [1.29, 1.82) is 0 Å². The summed E-state index contributed by atoms with van der Waals surface area (Å²) >= 11 is 0. The first-order valence-corrected chi connectivity index (χ1v) is 4.35. The van der Waals surface area contributed by atoms with Crippen molar-refractivity contribution in [3.05, 3.63) is 30.4 Å². The molecule has 0 spiro atoms. The van der Waals surface area contributed by atoms with Crippen LogP contribution in [-0.4, -0.2) is 25.9 Å². The molecular weight excluding hydrogens is 194 g/mol. The zero-order chi connectivity index (χ0) is 10.7. The van der Waals surface area contributed by atoms with Crippen LogP contribution in [-0.2, 0) is 0 Å². The number of ketones is 1. The van der Waals surface area contributed by atoms with Crippen LogP contribution < -0.4 is 5.32 Å². The van der Waals surface area contributed by atoms with Crippen molar-refractivity contribution in [2.45, 2.75) is 6.92 Å². The Hall–Kier alpha value is -2.24. The predicted molar refractivity (Wildman–Crippen MR) is 53.9 cm³/mol. The van der Waals surface area contributed by atoms with Gasteiger partial charge < -0.3 is 5.32 Å². The summed E-state index contributed by atoms with van der Waals surface area (Å²) in [5, 5.41) is 9.45. The second-order valence-corrected chi connectivity index (χ2v) is 2.94. The summed E-state index contributed by atoms with van der Waals surface area (Å²) in [6.45, 7) is 1.45. The molecule has 0 bridgehead atoms. The highest BCUT2D eigenvalue weighted by Crippen LogP contribution is 2.09. The van der Waals surface area contributed by atoms with Crippen LogP contribution in [0.25, 0.3) is 0 Å². The topological polar surface area (TPSA) is 83.6 Å². The number of nitrogens with one attached hydrogen (secondary N) is 2.